The number of rotatable bonds is 7. The van der Waals surface area contributed by atoms with E-state index in [0.29, 0.717) is 53.9 Å². The molecule has 4 aromatic rings. The van der Waals surface area contributed by atoms with Gasteiger partial charge in [-0.15, -0.1) is 0 Å². The molecule has 0 aromatic heterocycles. The van der Waals surface area contributed by atoms with E-state index in [1.165, 1.54) is 0 Å². The molecule has 2 fully saturated rings. The van der Waals surface area contributed by atoms with Crippen molar-refractivity contribution < 1.29 is 33.3 Å². The molecule has 4 aliphatic rings. The Bertz CT molecular complexity index is 2140. The minimum atomic E-state index is -1.39. The van der Waals surface area contributed by atoms with Crippen LogP contribution in [0.15, 0.2) is 119 Å². The molecule has 4 aromatic carbocycles. The van der Waals surface area contributed by atoms with E-state index in [2.05, 4.69) is 25.3 Å². The van der Waals surface area contributed by atoms with Crippen LogP contribution in [0.1, 0.15) is 77.7 Å². The van der Waals surface area contributed by atoms with Crippen LogP contribution in [0.25, 0.3) is 11.1 Å². The van der Waals surface area contributed by atoms with E-state index in [9.17, 15) is 14.4 Å². The van der Waals surface area contributed by atoms with Crippen molar-refractivity contribution in [2.24, 2.45) is 0 Å². The predicted molar refractivity (Wildman–Crippen MR) is 194 cm³/mol. The lowest BCUT2D eigenvalue weighted by atomic mass is 9.70. The van der Waals surface area contributed by atoms with Crippen molar-refractivity contribution in [3.8, 4) is 11.1 Å². The van der Waals surface area contributed by atoms with E-state index in [0.717, 1.165) is 44.9 Å². The largest absolute Gasteiger partial charge is 0.443 e. The maximum atomic E-state index is 14.1. The first-order chi connectivity index (χ1) is 24.6. The summed E-state index contributed by atoms with van der Waals surface area (Å²) in [4.78, 5) is 43.0. The summed E-state index contributed by atoms with van der Waals surface area (Å²) in [5, 5.41) is 0. The number of hydrogen-bond acceptors (Lipinski definition) is 8. The standard InChI is InChI=1S/C43H38O7S/c1-25(2)40(45)49-42(37-15-9-21-47-37)31-12-6-5-11-29(31)39(44)30-19-17-27(23-33(30)42)28-18-20-36-34(24-28)43(38-16-10-22-48-38,50-41(46)26(3)4)32-13-7-8-14-35(32)51-36/h5-8,11-14,17-20,23-24,37-38H,1,3,9-10,15-16,21-22H2,2,4H3. The van der Waals surface area contributed by atoms with Gasteiger partial charge >= 0.3 is 11.9 Å². The summed E-state index contributed by atoms with van der Waals surface area (Å²) in [6, 6.07) is 27.2. The van der Waals surface area contributed by atoms with E-state index in [-0.39, 0.29) is 11.4 Å². The molecule has 0 bridgehead atoms. The lowest BCUT2D eigenvalue weighted by molar-refractivity contribution is -0.166. The zero-order valence-electron chi connectivity index (χ0n) is 28.7. The molecule has 7 nitrogen and oxygen atoms in total. The predicted octanol–water partition coefficient (Wildman–Crippen LogP) is 8.45. The Hall–Kier alpha value is -4.76. The van der Waals surface area contributed by atoms with Crippen LogP contribution in [0, 0.1) is 0 Å². The van der Waals surface area contributed by atoms with Crippen LogP contribution in [-0.4, -0.2) is 43.1 Å². The fourth-order valence-electron chi connectivity index (χ4n) is 8.05. The highest BCUT2D eigenvalue weighted by atomic mass is 32.2. The van der Waals surface area contributed by atoms with Gasteiger partial charge in [0.1, 0.15) is 12.2 Å². The zero-order valence-corrected chi connectivity index (χ0v) is 29.5. The Morgan fingerprint density at radius 1 is 0.667 bits per heavy atom. The summed E-state index contributed by atoms with van der Waals surface area (Å²) in [7, 11) is 0. The molecular formula is C43H38O7S. The molecule has 8 heteroatoms. The second-order valence-corrected chi connectivity index (χ2v) is 14.8. The molecule has 0 spiro atoms. The summed E-state index contributed by atoms with van der Waals surface area (Å²) in [6.45, 7) is 12.1. The van der Waals surface area contributed by atoms with Crippen molar-refractivity contribution >= 4 is 29.5 Å². The number of carbonyl (C=O) groups is 3. The molecule has 51 heavy (non-hydrogen) atoms. The van der Waals surface area contributed by atoms with Crippen LogP contribution in [0.3, 0.4) is 0 Å². The molecule has 3 aliphatic heterocycles. The third-order valence-corrected chi connectivity index (χ3v) is 11.6. The number of benzene rings is 4. The Morgan fingerprint density at radius 3 is 1.78 bits per heavy atom. The highest BCUT2D eigenvalue weighted by Crippen LogP contribution is 2.55. The number of carbonyl (C=O) groups excluding carboxylic acids is 3. The van der Waals surface area contributed by atoms with Crippen LogP contribution < -0.4 is 0 Å². The van der Waals surface area contributed by atoms with Crippen LogP contribution in [0.2, 0.25) is 0 Å². The first-order valence-electron chi connectivity index (χ1n) is 17.4. The Kier molecular flexibility index (Phi) is 8.37. The smallest absolute Gasteiger partial charge is 0.334 e. The maximum Gasteiger partial charge on any atom is 0.334 e. The Balaban J connectivity index is 1.35. The molecule has 8 rings (SSSR count). The van der Waals surface area contributed by atoms with Gasteiger partial charge in [0.05, 0.1) is 0 Å². The molecule has 0 saturated carbocycles. The quantitative estimate of drug-likeness (QED) is 0.140. The monoisotopic (exact) mass is 698 g/mol. The Morgan fingerprint density at radius 2 is 1.18 bits per heavy atom. The summed E-state index contributed by atoms with van der Waals surface area (Å²) in [5.74, 6) is -1.19. The molecule has 0 N–H and O–H groups in total. The number of ether oxygens (including phenoxy) is 4. The minimum absolute atomic E-state index is 0.144. The van der Waals surface area contributed by atoms with Crippen molar-refractivity contribution in [2.75, 3.05) is 13.2 Å². The maximum absolute atomic E-state index is 14.1. The van der Waals surface area contributed by atoms with Crippen molar-refractivity contribution in [3.05, 3.63) is 143 Å². The average Bonchev–Trinajstić information content (AvgIpc) is 3.89. The first kappa shape index (κ1) is 33.4. The second-order valence-electron chi connectivity index (χ2n) is 13.8. The van der Waals surface area contributed by atoms with Gasteiger partial charge in [0, 0.05) is 67.5 Å². The topological polar surface area (TPSA) is 88.1 Å². The number of fused-ring (bicyclic) bond motifs is 4. The zero-order chi connectivity index (χ0) is 35.5. The molecule has 258 valence electrons. The summed E-state index contributed by atoms with van der Waals surface area (Å²) in [6.07, 6.45) is 2.06. The van der Waals surface area contributed by atoms with E-state index in [4.69, 9.17) is 18.9 Å². The molecule has 1 aliphatic carbocycles. The average molecular weight is 699 g/mol. The van der Waals surface area contributed by atoms with Crippen molar-refractivity contribution in [1.82, 2.24) is 0 Å². The van der Waals surface area contributed by atoms with Crippen molar-refractivity contribution in [1.29, 1.82) is 0 Å². The normalized spacial score (nSPS) is 24.5. The molecule has 3 heterocycles. The SMILES string of the molecule is C=C(C)C(=O)OC1(C2CCCO2)c2ccccc2Sc2ccc(-c3ccc4c(c3)C(OC(=O)C(=C)C)(C3CCCO3)c3ccccc3C4=O)cc21. The van der Waals surface area contributed by atoms with Crippen molar-refractivity contribution in [2.45, 2.75) is 72.7 Å². The fraction of sp³-hybridized carbons (Fsp3) is 0.279. The molecule has 2 saturated heterocycles. The molecular weight excluding hydrogens is 661 g/mol. The number of ketones is 1. The van der Waals surface area contributed by atoms with Crippen LogP contribution in [-0.2, 0) is 39.7 Å². The van der Waals surface area contributed by atoms with Gasteiger partial charge in [0.15, 0.2) is 17.0 Å². The summed E-state index contributed by atoms with van der Waals surface area (Å²) in [5.41, 5.74) is 3.38. The van der Waals surface area contributed by atoms with Gasteiger partial charge in [0.25, 0.3) is 0 Å². The van der Waals surface area contributed by atoms with Gasteiger partial charge in [-0.05, 0) is 81.0 Å². The third kappa shape index (κ3) is 5.22. The van der Waals surface area contributed by atoms with Gasteiger partial charge < -0.3 is 18.9 Å². The highest BCUT2D eigenvalue weighted by molar-refractivity contribution is 7.99. The number of esters is 2. The molecule has 0 radical (unpaired) electrons. The highest BCUT2D eigenvalue weighted by Gasteiger charge is 2.55. The third-order valence-electron chi connectivity index (χ3n) is 10.4. The van der Waals surface area contributed by atoms with E-state index < -0.39 is 35.3 Å². The summed E-state index contributed by atoms with van der Waals surface area (Å²) >= 11 is 1.63. The second kappa shape index (κ2) is 12.8. The minimum Gasteiger partial charge on any atom is -0.443 e. The molecule has 0 amide bonds. The lowest BCUT2D eigenvalue weighted by Gasteiger charge is -2.43. The molecule has 4 unspecified atom stereocenters. The lowest BCUT2D eigenvalue weighted by Crippen LogP contribution is -2.48. The van der Waals surface area contributed by atoms with Gasteiger partial charge in [-0.1, -0.05) is 79.5 Å². The fourth-order valence-corrected chi connectivity index (χ4v) is 9.22. The van der Waals surface area contributed by atoms with Gasteiger partial charge in [-0.2, -0.15) is 0 Å². The van der Waals surface area contributed by atoms with Crippen molar-refractivity contribution in [3.63, 3.8) is 0 Å². The van der Waals surface area contributed by atoms with Crippen LogP contribution in [0.4, 0.5) is 0 Å². The van der Waals surface area contributed by atoms with E-state index >= 15 is 0 Å². The van der Waals surface area contributed by atoms with Gasteiger partial charge in [0.2, 0.25) is 0 Å². The molecule has 4 atom stereocenters. The van der Waals surface area contributed by atoms with Gasteiger partial charge in [-0.3, -0.25) is 4.79 Å². The Labute approximate surface area is 301 Å². The van der Waals surface area contributed by atoms with Gasteiger partial charge in [-0.25, -0.2) is 9.59 Å². The number of hydrogen-bond donors (Lipinski definition) is 0. The summed E-state index contributed by atoms with van der Waals surface area (Å²) < 4.78 is 25.8. The van der Waals surface area contributed by atoms with Crippen LogP contribution >= 0.6 is 11.8 Å². The van der Waals surface area contributed by atoms with E-state index in [1.807, 2.05) is 66.7 Å². The van der Waals surface area contributed by atoms with E-state index in [1.54, 1.807) is 31.7 Å². The first-order valence-corrected chi connectivity index (χ1v) is 18.2. The van der Waals surface area contributed by atoms with Crippen LogP contribution in [0.5, 0.6) is 0 Å².